The minimum Gasteiger partial charge on any atom is -0.338 e. The Balaban J connectivity index is 2.16. The third-order valence-corrected chi connectivity index (χ3v) is 2.90. The van der Waals surface area contributed by atoms with Crippen molar-refractivity contribution in [2.45, 2.75) is 25.6 Å². The van der Waals surface area contributed by atoms with Gasteiger partial charge >= 0.3 is 6.18 Å². The summed E-state index contributed by atoms with van der Waals surface area (Å²) >= 11 is 0. The number of alkyl halides is 3. The van der Waals surface area contributed by atoms with Gasteiger partial charge in [0.05, 0.1) is 11.6 Å². The van der Waals surface area contributed by atoms with Gasteiger partial charge in [0, 0.05) is 6.42 Å². The maximum absolute atomic E-state index is 12.6. The summed E-state index contributed by atoms with van der Waals surface area (Å²) in [5, 5.41) is 6.71. The average Bonchev–Trinajstić information content (AvgIpc) is 2.85. The largest absolute Gasteiger partial charge is 0.416 e. The van der Waals surface area contributed by atoms with Crippen LogP contribution in [0.3, 0.4) is 0 Å². The van der Waals surface area contributed by atoms with Crippen molar-refractivity contribution in [2.75, 3.05) is 7.05 Å². The molecule has 0 fully saturated rings. The smallest absolute Gasteiger partial charge is 0.338 e. The van der Waals surface area contributed by atoms with Crippen LogP contribution in [0.1, 0.15) is 35.8 Å². The molecule has 1 aromatic heterocycles. The zero-order chi connectivity index (χ0) is 14.8. The number of rotatable bonds is 4. The Labute approximate surface area is 114 Å². The van der Waals surface area contributed by atoms with Crippen molar-refractivity contribution in [1.29, 1.82) is 0 Å². The third-order valence-electron chi connectivity index (χ3n) is 2.90. The van der Waals surface area contributed by atoms with Crippen molar-refractivity contribution < 1.29 is 17.7 Å². The fraction of sp³-hybridized carbons (Fsp3) is 0.385. The Morgan fingerprint density at radius 2 is 2.10 bits per heavy atom. The summed E-state index contributed by atoms with van der Waals surface area (Å²) in [5.41, 5.74) is -0.188. The van der Waals surface area contributed by atoms with Crippen molar-refractivity contribution in [2.24, 2.45) is 0 Å². The Morgan fingerprint density at radius 1 is 1.35 bits per heavy atom. The lowest BCUT2D eigenvalue weighted by molar-refractivity contribution is -0.137. The second-order valence-electron chi connectivity index (χ2n) is 4.43. The molecule has 0 aliphatic rings. The first-order valence-corrected chi connectivity index (χ1v) is 6.06. The molecule has 2 aromatic rings. The van der Waals surface area contributed by atoms with Crippen LogP contribution in [0.5, 0.6) is 0 Å². The van der Waals surface area contributed by atoms with Gasteiger partial charge in [-0.05, 0) is 25.6 Å². The molecule has 0 radical (unpaired) electrons. The summed E-state index contributed by atoms with van der Waals surface area (Å²) < 4.78 is 42.9. The molecule has 0 aliphatic heterocycles. The van der Waals surface area contributed by atoms with E-state index in [1.54, 1.807) is 13.1 Å². The maximum atomic E-state index is 12.6. The highest BCUT2D eigenvalue weighted by atomic mass is 19.4. The van der Waals surface area contributed by atoms with Crippen molar-refractivity contribution in [1.82, 2.24) is 15.5 Å². The second kappa shape index (κ2) is 5.62. The van der Waals surface area contributed by atoms with Crippen molar-refractivity contribution in [3.8, 4) is 0 Å². The first kappa shape index (κ1) is 14.5. The summed E-state index contributed by atoms with van der Waals surface area (Å²) in [5.74, 6) is 0.774. The van der Waals surface area contributed by atoms with E-state index in [1.165, 1.54) is 6.07 Å². The fourth-order valence-corrected chi connectivity index (χ4v) is 1.68. The van der Waals surface area contributed by atoms with Crippen LogP contribution in [0.4, 0.5) is 13.2 Å². The van der Waals surface area contributed by atoms with Crippen LogP contribution in [0.15, 0.2) is 28.8 Å². The van der Waals surface area contributed by atoms with E-state index >= 15 is 0 Å². The molecule has 0 amide bonds. The minimum absolute atomic E-state index is 0.0993. The molecule has 4 nitrogen and oxygen atoms in total. The highest BCUT2D eigenvalue weighted by molar-refractivity contribution is 5.27. The monoisotopic (exact) mass is 285 g/mol. The number of nitrogens with zero attached hydrogens (tertiary/aromatic N) is 2. The van der Waals surface area contributed by atoms with Gasteiger partial charge in [-0.15, -0.1) is 0 Å². The van der Waals surface area contributed by atoms with Gasteiger partial charge in [-0.1, -0.05) is 23.4 Å². The molecule has 1 aromatic carbocycles. The van der Waals surface area contributed by atoms with Crippen LogP contribution in [0, 0.1) is 0 Å². The molecule has 0 aliphatic carbocycles. The molecule has 20 heavy (non-hydrogen) atoms. The van der Waals surface area contributed by atoms with Gasteiger partial charge in [0.25, 0.3) is 0 Å². The molecule has 108 valence electrons. The highest BCUT2D eigenvalue weighted by Gasteiger charge is 2.30. The molecule has 1 unspecified atom stereocenters. The van der Waals surface area contributed by atoms with Crippen LogP contribution in [-0.2, 0) is 12.6 Å². The molecule has 1 heterocycles. The Morgan fingerprint density at radius 3 is 2.75 bits per heavy atom. The lowest BCUT2D eigenvalue weighted by Crippen LogP contribution is -2.12. The van der Waals surface area contributed by atoms with Crippen LogP contribution in [0.2, 0.25) is 0 Å². The first-order chi connectivity index (χ1) is 9.40. The van der Waals surface area contributed by atoms with Crippen molar-refractivity contribution in [3.63, 3.8) is 0 Å². The number of hydrogen-bond acceptors (Lipinski definition) is 4. The van der Waals surface area contributed by atoms with Gasteiger partial charge in [0.2, 0.25) is 5.89 Å². The van der Waals surface area contributed by atoms with Crippen LogP contribution in [0.25, 0.3) is 0 Å². The molecule has 0 saturated carbocycles. The van der Waals surface area contributed by atoms with Crippen LogP contribution < -0.4 is 5.32 Å². The van der Waals surface area contributed by atoms with Crippen LogP contribution in [-0.4, -0.2) is 17.2 Å². The number of hydrogen-bond donors (Lipinski definition) is 1. The number of halogens is 3. The van der Waals surface area contributed by atoms with Gasteiger partial charge in [0.1, 0.15) is 0 Å². The number of benzene rings is 1. The SMILES string of the molecule is CNC(C)c1nc(Cc2cccc(C(F)(F)F)c2)no1. The second-order valence-corrected chi connectivity index (χ2v) is 4.43. The zero-order valence-electron chi connectivity index (χ0n) is 11.0. The number of nitrogens with one attached hydrogen (secondary N) is 1. The van der Waals surface area contributed by atoms with E-state index in [0.717, 1.165) is 12.1 Å². The minimum atomic E-state index is -4.35. The molecule has 1 N–H and O–H groups in total. The highest BCUT2D eigenvalue weighted by Crippen LogP contribution is 2.29. The van der Waals surface area contributed by atoms with E-state index in [1.807, 2.05) is 6.92 Å². The summed E-state index contributed by atoms with van der Waals surface area (Å²) in [6.07, 6.45) is -4.15. The molecule has 2 rings (SSSR count). The molecule has 0 spiro atoms. The predicted molar refractivity (Wildman–Crippen MR) is 66.0 cm³/mol. The molecular weight excluding hydrogens is 271 g/mol. The predicted octanol–water partition coefficient (Wildman–Crippen LogP) is 2.96. The zero-order valence-corrected chi connectivity index (χ0v) is 11.0. The third kappa shape index (κ3) is 3.36. The van der Waals surface area contributed by atoms with Gasteiger partial charge in [-0.3, -0.25) is 0 Å². The molecule has 0 bridgehead atoms. The maximum Gasteiger partial charge on any atom is 0.416 e. The van der Waals surface area contributed by atoms with E-state index < -0.39 is 11.7 Å². The van der Waals surface area contributed by atoms with Gasteiger partial charge in [0.15, 0.2) is 5.82 Å². The summed E-state index contributed by atoms with van der Waals surface area (Å²) in [4.78, 5) is 4.15. The van der Waals surface area contributed by atoms with E-state index in [2.05, 4.69) is 15.5 Å². The van der Waals surface area contributed by atoms with E-state index in [0.29, 0.717) is 17.3 Å². The lowest BCUT2D eigenvalue weighted by atomic mass is 10.1. The standard InChI is InChI=1S/C13H14F3N3O/c1-8(17-2)12-18-11(19-20-12)7-9-4-3-5-10(6-9)13(14,15)16/h3-6,8,17H,7H2,1-2H3. The van der Waals surface area contributed by atoms with E-state index in [9.17, 15) is 13.2 Å². The van der Waals surface area contributed by atoms with Gasteiger partial charge in [-0.25, -0.2) is 0 Å². The summed E-state index contributed by atoms with van der Waals surface area (Å²) in [6.45, 7) is 1.85. The van der Waals surface area contributed by atoms with Crippen LogP contribution >= 0.6 is 0 Å². The summed E-state index contributed by atoms with van der Waals surface area (Å²) in [6, 6.07) is 5.01. The first-order valence-electron chi connectivity index (χ1n) is 6.06. The van der Waals surface area contributed by atoms with E-state index in [-0.39, 0.29) is 12.5 Å². The number of aromatic nitrogens is 2. The topological polar surface area (TPSA) is 51.0 Å². The van der Waals surface area contributed by atoms with Gasteiger partial charge < -0.3 is 9.84 Å². The quantitative estimate of drug-likeness (QED) is 0.938. The normalized spacial score (nSPS) is 13.4. The molecule has 0 saturated heterocycles. The molecule has 7 heteroatoms. The Hall–Kier alpha value is -1.89. The average molecular weight is 285 g/mol. The van der Waals surface area contributed by atoms with Gasteiger partial charge in [-0.2, -0.15) is 18.2 Å². The molecular formula is C13H14F3N3O. The van der Waals surface area contributed by atoms with Crippen molar-refractivity contribution >= 4 is 0 Å². The molecule has 1 atom stereocenters. The summed E-state index contributed by atoms with van der Waals surface area (Å²) in [7, 11) is 1.75. The Bertz CT molecular complexity index is 580. The van der Waals surface area contributed by atoms with E-state index in [4.69, 9.17) is 4.52 Å². The Kier molecular flexibility index (Phi) is 4.08. The fourth-order valence-electron chi connectivity index (χ4n) is 1.68. The van der Waals surface area contributed by atoms with Crippen molar-refractivity contribution in [3.05, 3.63) is 47.1 Å². The lowest BCUT2D eigenvalue weighted by Gasteiger charge is -2.07.